The van der Waals surface area contributed by atoms with E-state index < -0.39 is 30.5 Å². The first-order valence-electron chi connectivity index (χ1n) is 6.31. The van der Waals surface area contributed by atoms with Gasteiger partial charge in [-0.25, -0.2) is 4.79 Å². The first-order valence-corrected chi connectivity index (χ1v) is 6.31. The molecule has 2 fully saturated rings. The van der Waals surface area contributed by atoms with Crippen LogP contribution >= 0.6 is 0 Å². The fourth-order valence-corrected chi connectivity index (χ4v) is 3.04. The van der Waals surface area contributed by atoms with Gasteiger partial charge >= 0.3 is 13.1 Å². The highest BCUT2D eigenvalue weighted by Crippen LogP contribution is 2.51. The topological polar surface area (TPSA) is 29.5 Å². The largest absolute Gasteiger partial charge is 0.483 e. The SMILES string of the molecule is CC(C)(C)OC(=O)N1C2CCC1C([B-](F)(F)F)C2. The predicted molar refractivity (Wildman–Crippen MR) is 62.3 cm³/mol. The van der Waals surface area contributed by atoms with Crippen LogP contribution in [0.15, 0.2) is 0 Å². The summed E-state index contributed by atoms with van der Waals surface area (Å²) in [4.78, 5) is 13.3. The molecule has 3 unspecified atom stereocenters. The lowest BCUT2D eigenvalue weighted by Gasteiger charge is -2.31. The number of hydrogen-bond donors (Lipinski definition) is 0. The maximum atomic E-state index is 12.9. The zero-order valence-corrected chi connectivity index (χ0v) is 10.8. The summed E-state index contributed by atoms with van der Waals surface area (Å²) in [5, 5.41) is 0. The molecule has 2 aliphatic rings. The fraction of sp³-hybridized carbons (Fsp3) is 0.909. The van der Waals surface area contributed by atoms with E-state index in [1.807, 2.05) is 0 Å². The minimum absolute atomic E-state index is 0.0490. The molecule has 7 heteroatoms. The zero-order valence-electron chi connectivity index (χ0n) is 10.8. The van der Waals surface area contributed by atoms with Crippen LogP contribution in [0.2, 0.25) is 5.82 Å². The molecule has 2 saturated heterocycles. The first kappa shape index (κ1) is 13.6. The number of ether oxygens (including phenoxy) is 1. The summed E-state index contributed by atoms with van der Waals surface area (Å²) < 4.78 is 43.8. The molecule has 2 aliphatic heterocycles. The number of carbonyl (C=O) groups is 1. The lowest BCUT2D eigenvalue weighted by atomic mass is 9.65. The Morgan fingerprint density at radius 1 is 1.28 bits per heavy atom. The van der Waals surface area contributed by atoms with Crippen LogP contribution in [0, 0.1) is 0 Å². The second-order valence-electron chi connectivity index (χ2n) is 6.21. The molecule has 1 amide bonds. The van der Waals surface area contributed by atoms with Crippen molar-refractivity contribution in [3.63, 3.8) is 0 Å². The molecule has 0 aromatic carbocycles. The third kappa shape index (κ3) is 2.45. The van der Waals surface area contributed by atoms with E-state index >= 15 is 0 Å². The van der Waals surface area contributed by atoms with E-state index in [-0.39, 0.29) is 12.5 Å². The summed E-state index contributed by atoms with van der Waals surface area (Å²) in [5.74, 6) is -1.32. The highest BCUT2D eigenvalue weighted by Gasteiger charge is 2.55. The monoisotopic (exact) mass is 264 g/mol. The van der Waals surface area contributed by atoms with Gasteiger partial charge < -0.3 is 22.6 Å². The van der Waals surface area contributed by atoms with Gasteiger partial charge in [0.2, 0.25) is 0 Å². The van der Waals surface area contributed by atoms with Gasteiger partial charge in [-0.1, -0.05) is 12.2 Å². The van der Waals surface area contributed by atoms with Crippen LogP contribution in [-0.2, 0) is 4.74 Å². The van der Waals surface area contributed by atoms with Crippen LogP contribution < -0.4 is 0 Å². The van der Waals surface area contributed by atoms with Crippen LogP contribution in [0.1, 0.15) is 40.0 Å². The Morgan fingerprint density at radius 3 is 2.33 bits per heavy atom. The third-order valence-electron chi connectivity index (χ3n) is 3.67. The quantitative estimate of drug-likeness (QED) is 0.679. The van der Waals surface area contributed by atoms with Crippen molar-refractivity contribution in [1.82, 2.24) is 4.90 Å². The van der Waals surface area contributed by atoms with Crippen LogP contribution in [0.3, 0.4) is 0 Å². The molecule has 2 rings (SSSR count). The molecule has 0 aliphatic carbocycles. The molecule has 0 spiro atoms. The highest BCUT2D eigenvalue weighted by molar-refractivity contribution is 6.60. The Morgan fingerprint density at radius 2 is 1.89 bits per heavy atom. The maximum Gasteiger partial charge on any atom is 0.483 e. The number of fused-ring (bicyclic) bond motifs is 2. The van der Waals surface area contributed by atoms with Crippen molar-refractivity contribution in [3.05, 3.63) is 0 Å². The van der Waals surface area contributed by atoms with Crippen molar-refractivity contribution in [2.75, 3.05) is 0 Å². The first-order chi connectivity index (χ1) is 8.09. The summed E-state index contributed by atoms with van der Waals surface area (Å²) in [5.41, 5.74) is -0.669. The molecule has 104 valence electrons. The summed E-state index contributed by atoms with van der Waals surface area (Å²) in [6.45, 7) is 0.274. The second-order valence-corrected chi connectivity index (χ2v) is 6.21. The van der Waals surface area contributed by atoms with Gasteiger partial charge in [0.25, 0.3) is 0 Å². The van der Waals surface area contributed by atoms with Crippen LogP contribution in [0.4, 0.5) is 17.7 Å². The van der Waals surface area contributed by atoms with E-state index in [9.17, 15) is 17.7 Å². The minimum atomic E-state index is -4.88. The molecule has 3 atom stereocenters. The molecular weight excluding hydrogens is 246 g/mol. The van der Waals surface area contributed by atoms with Crippen molar-refractivity contribution >= 4 is 13.1 Å². The summed E-state index contributed by atoms with van der Waals surface area (Å²) in [7, 11) is 0. The highest BCUT2D eigenvalue weighted by atomic mass is 19.4. The van der Waals surface area contributed by atoms with E-state index in [0.29, 0.717) is 12.8 Å². The van der Waals surface area contributed by atoms with E-state index in [1.165, 1.54) is 4.90 Å². The van der Waals surface area contributed by atoms with Crippen LogP contribution in [0.25, 0.3) is 0 Å². The van der Waals surface area contributed by atoms with Gasteiger partial charge in [-0.2, -0.15) is 0 Å². The normalized spacial score (nSPS) is 31.9. The average molecular weight is 264 g/mol. The Balaban J connectivity index is 2.10. The Kier molecular flexibility index (Phi) is 3.06. The minimum Gasteiger partial charge on any atom is -0.449 e. The summed E-state index contributed by atoms with van der Waals surface area (Å²) in [6, 6.07) is -0.997. The number of nitrogens with zero attached hydrogens (tertiary/aromatic N) is 1. The van der Waals surface area contributed by atoms with E-state index in [0.717, 1.165) is 0 Å². The van der Waals surface area contributed by atoms with Gasteiger partial charge in [0.05, 0.1) is 0 Å². The molecule has 2 heterocycles. The molecule has 0 aromatic heterocycles. The van der Waals surface area contributed by atoms with Crippen molar-refractivity contribution in [2.24, 2.45) is 0 Å². The Bertz CT molecular complexity index is 353. The van der Waals surface area contributed by atoms with Gasteiger partial charge in [-0.15, -0.1) is 0 Å². The van der Waals surface area contributed by atoms with Crippen molar-refractivity contribution in [1.29, 1.82) is 0 Å². The summed E-state index contributed by atoms with van der Waals surface area (Å²) in [6.07, 6.45) is 0.549. The average Bonchev–Trinajstić information content (AvgIpc) is 2.69. The van der Waals surface area contributed by atoms with Crippen molar-refractivity contribution in [3.8, 4) is 0 Å². The van der Waals surface area contributed by atoms with E-state index in [4.69, 9.17) is 4.74 Å². The zero-order chi connectivity index (χ0) is 13.7. The number of hydrogen-bond acceptors (Lipinski definition) is 2. The lowest BCUT2D eigenvalue weighted by molar-refractivity contribution is 0.0215. The number of halogens is 3. The lowest BCUT2D eigenvalue weighted by Crippen LogP contribution is -2.42. The number of carbonyl (C=O) groups excluding carboxylic acids is 1. The van der Waals surface area contributed by atoms with Gasteiger partial charge in [-0.05, 0) is 33.6 Å². The number of amides is 1. The molecule has 0 aromatic rings. The summed E-state index contributed by atoms with van der Waals surface area (Å²) >= 11 is 0. The van der Waals surface area contributed by atoms with Crippen LogP contribution in [0.5, 0.6) is 0 Å². The molecule has 2 bridgehead atoms. The van der Waals surface area contributed by atoms with Gasteiger partial charge in [-0.3, -0.25) is 0 Å². The van der Waals surface area contributed by atoms with Gasteiger partial charge in [0.1, 0.15) is 5.60 Å². The predicted octanol–water partition coefficient (Wildman–Crippen LogP) is 3.38. The molecule has 18 heavy (non-hydrogen) atoms. The van der Waals surface area contributed by atoms with Gasteiger partial charge in [0, 0.05) is 12.1 Å². The Hall–Kier alpha value is -0.875. The smallest absolute Gasteiger partial charge is 0.449 e. The number of rotatable bonds is 1. The maximum absolute atomic E-state index is 12.9. The molecule has 0 N–H and O–H groups in total. The third-order valence-corrected chi connectivity index (χ3v) is 3.67. The van der Waals surface area contributed by atoms with Gasteiger partial charge in [0.15, 0.2) is 0 Å². The molecule has 0 radical (unpaired) electrons. The molecule has 0 saturated carbocycles. The van der Waals surface area contributed by atoms with Crippen molar-refractivity contribution < 1.29 is 22.5 Å². The second kappa shape index (κ2) is 4.06. The van der Waals surface area contributed by atoms with E-state index in [2.05, 4.69) is 0 Å². The fourth-order valence-electron chi connectivity index (χ4n) is 3.04. The molecular formula is C11H18BF3NO2-. The van der Waals surface area contributed by atoms with Crippen molar-refractivity contribution in [2.45, 2.75) is 63.5 Å². The molecule has 3 nitrogen and oxygen atoms in total. The van der Waals surface area contributed by atoms with E-state index in [1.54, 1.807) is 20.8 Å². The standard InChI is InChI=1S/C11H18BF3NO2/c1-11(2,3)18-10(17)16-7-4-5-9(16)8(6-7)12(13,14)15/h7-9H,4-6H2,1-3H3/q-1. The van der Waals surface area contributed by atoms with Crippen LogP contribution in [-0.4, -0.2) is 35.7 Å². The Labute approximate surface area is 105 Å².